The number of nitrogens with one attached hydrogen (secondary N) is 1. The number of nitrogens with zero attached hydrogens (tertiary/aromatic N) is 5. The molecule has 11 nitrogen and oxygen atoms in total. The first-order valence-corrected chi connectivity index (χ1v) is 19.1. The number of aromatic nitrogens is 4. The van der Waals surface area contributed by atoms with Gasteiger partial charge in [-0.2, -0.15) is 10.1 Å². The zero-order valence-corrected chi connectivity index (χ0v) is 30.0. The fourth-order valence-electron chi connectivity index (χ4n) is 10.1. The Morgan fingerprint density at radius 2 is 1.81 bits per heavy atom. The van der Waals surface area contributed by atoms with Crippen molar-refractivity contribution in [1.82, 2.24) is 19.7 Å². The second kappa shape index (κ2) is 13.3. The number of para-hydroxylation sites is 1. The van der Waals surface area contributed by atoms with Crippen molar-refractivity contribution in [2.45, 2.75) is 58.0 Å². The number of methoxy groups -OCH3 is 1. The highest BCUT2D eigenvalue weighted by atomic mass is 32.1. The van der Waals surface area contributed by atoms with Crippen molar-refractivity contribution in [3.63, 3.8) is 0 Å². The zero-order chi connectivity index (χ0) is 35.4. The molecule has 4 aliphatic carbocycles. The topological polar surface area (TPSA) is 132 Å². The highest BCUT2D eigenvalue weighted by Crippen LogP contribution is 2.64. The van der Waals surface area contributed by atoms with E-state index in [-0.39, 0.29) is 17.2 Å². The molecule has 4 fully saturated rings. The van der Waals surface area contributed by atoms with E-state index in [1.165, 1.54) is 43.4 Å². The van der Waals surface area contributed by atoms with Gasteiger partial charge in [0.15, 0.2) is 5.13 Å². The number of hydrogen-bond acceptors (Lipinski definition) is 9. The summed E-state index contributed by atoms with van der Waals surface area (Å²) in [6.45, 7) is 2.66. The number of amides is 1. The minimum Gasteiger partial charge on any atom is -0.449 e. The first kappa shape index (κ1) is 33.1. The van der Waals surface area contributed by atoms with Crippen molar-refractivity contribution in [1.29, 1.82) is 0 Å². The van der Waals surface area contributed by atoms with Gasteiger partial charge in [-0.3, -0.25) is 14.8 Å². The van der Waals surface area contributed by atoms with Crippen LogP contribution in [0.15, 0.2) is 67.0 Å². The summed E-state index contributed by atoms with van der Waals surface area (Å²) in [5.74, 6) is 3.49. The normalized spacial score (nSPS) is 24.6. The lowest BCUT2D eigenvalue weighted by Crippen LogP contribution is -2.55. The van der Waals surface area contributed by atoms with Crippen LogP contribution >= 0.6 is 11.3 Å². The van der Waals surface area contributed by atoms with Crippen LogP contribution in [0.2, 0.25) is 0 Å². The molecule has 4 bridgehead atoms. The van der Waals surface area contributed by atoms with Gasteiger partial charge in [0.1, 0.15) is 5.82 Å². The average molecular weight is 719 g/mol. The summed E-state index contributed by atoms with van der Waals surface area (Å²) in [4.78, 5) is 36.9. The molecule has 0 unspecified atom stereocenters. The lowest BCUT2D eigenvalue weighted by atomic mass is 9.44. The molecule has 4 saturated carbocycles. The summed E-state index contributed by atoms with van der Waals surface area (Å²) < 4.78 is 14.0. The number of carbonyl (C=O) groups excluding carboxylic acids is 1. The summed E-state index contributed by atoms with van der Waals surface area (Å²) in [6, 6.07) is 17.4. The van der Waals surface area contributed by atoms with Gasteiger partial charge in [0.2, 0.25) is 5.88 Å². The Bertz CT molecular complexity index is 2100. The van der Waals surface area contributed by atoms with E-state index in [1.54, 1.807) is 13.3 Å². The Labute approximate surface area is 306 Å². The number of carboxylic acid groups (broad SMARTS) is 1. The molecule has 0 spiro atoms. The van der Waals surface area contributed by atoms with Crippen LogP contribution in [0.4, 0.5) is 15.7 Å². The number of pyridine rings is 1. The highest BCUT2D eigenvalue weighted by molar-refractivity contribution is 7.22. The van der Waals surface area contributed by atoms with Gasteiger partial charge in [0, 0.05) is 56.2 Å². The van der Waals surface area contributed by atoms with Crippen LogP contribution in [-0.2, 0) is 24.2 Å². The number of carbonyl (C=O) groups is 2. The average Bonchev–Trinajstić information content (AvgIpc) is 3.78. The van der Waals surface area contributed by atoms with Crippen LogP contribution in [0.25, 0.3) is 21.3 Å². The molecule has 1 aliphatic heterocycles. The van der Waals surface area contributed by atoms with E-state index in [1.807, 2.05) is 59.4 Å². The third kappa shape index (κ3) is 6.01. The van der Waals surface area contributed by atoms with Crippen molar-refractivity contribution in [2.75, 3.05) is 30.5 Å². The van der Waals surface area contributed by atoms with Crippen molar-refractivity contribution in [3.05, 3.63) is 83.7 Å². The molecule has 12 heteroatoms. The molecule has 10 rings (SSSR count). The molecule has 3 aromatic heterocycles. The molecule has 4 heterocycles. The molecule has 2 N–H and O–H groups in total. The van der Waals surface area contributed by atoms with Gasteiger partial charge in [-0.25, -0.2) is 9.78 Å². The van der Waals surface area contributed by atoms with E-state index in [2.05, 4.69) is 21.3 Å². The predicted molar refractivity (Wildman–Crippen MR) is 199 cm³/mol. The molecular weight excluding hydrogens is 677 g/mol. The smallest absolute Gasteiger partial charge is 0.449 e. The number of thiazole rings is 1. The molecule has 0 saturated heterocycles. The van der Waals surface area contributed by atoms with Crippen molar-refractivity contribution in [2.24, 2.45) is 29.1 Å². The minimum absolute atomic E-state index is 0.0148. The van der Waals surface area contributed by atoms with E-state index in [9.17, 15) is 14.7 Å². The molecule has 52 heavy (non-hydrogen) atoms. The van der Waals surface area contributed by atoms with Gasteiger partial charge in [-0.15, -0.1) is 0 Å². The Morgan fingerprint density at radius 3 is 2.58 bits per heavy atom. The highest BCUT2D eigenvalue weighted by Gasteiger charge is 2.56. The Balaban J connectivity index is 0.965. The quantitative estimate of drug-likeness (QED) is 0.138. The Morgan fingerprint density at radius 1 is 1.00 bits per heavy atom. The molecule has 0 radical (unpaired) electrons. The van der Waals surface area contributed by atoms with E-state index >= 15 is 0 Å². The maximum Gasteiger partial charge on any atom is 0.512 e. The molecule has 268 valence electrons. The summed E-state index contributed by atoms with van der Waals surface area (Å²) in [5, 5.41) is 18.1. The largest absolute Gasteiger partial charge is 0.512 e. The van der Waals surface area contributed by atoms with Crippen molar-refractivity contribution >= 4 is 44.6 Å². The Kier molecular flexibility index (Phi) is 8.46. The zero-order valence-electron chi connectivity index (χ0n) is 29.2. The second-order valence-electron chi connectivity index (χ2n) is 15.2. The monoisotopic (exact) mass is 718 g/mol. The third-order valence-corrected chi connectivity index (χ3v) is 13.3. The van der Waals surface area contributed by atoms with E-state index in [0.29, 0.717) is 53.4 Å². The van der Waals surface area contributed by atoms with Crippen molar-refractivity contribution < 1.29 is 24.2 Å². The Hall–Kier alpha value is -4.81. The number of hydrogen-bond donors (Lipinski definition) is 2. The summed E-state index contributed by atoms with van der Waals surface area (Å²) in [5.41, 5.74) is 4.92. The molecular formula is C40H42N6O5S. The molecule has 0 atom stereocenters. The summed E-state index contributed by atoms with van der Waals surface area (Å²) in [6.07, 6.45) is 10.7. The molecule has 2 aromatic carbocycles. The second-order valence-corrected chi connectivity index (χ2v) is 16.2. The fraction of sp³-hybridized carbons (Fsp3) is 0.425. The molecule has 5 aliphatic rings. The van der Waals surface area contributed by atoms with Gasteiger partial charge in [0.25, 0.3) is 5.91 Å². The van der Waals surface area contributed by atoms with Crippen LogP contribution in [0.3, 0.4) is 0 Å². The first-order valence-electron chi connectivity index (χ1n) is 18.3. The maximum atomic E-state index is 13.6. The van der Waals surface area contributed by atoms with Gasteiger partial charge < -0.3 is 19.5 Å². The number of fused-ring (bicyclic) bond motifs is 2. The SMILES string of the molecule is COCCC1(Cn2cc(-c3ccc(N4CCc5cccc(C(=O)Nc6nc7ccccc7s6)c5C4)nc3OC(=O)O)cn2)C2CC3CC(C2)CC1C3. The van der Waals surface area contributed by atoms with E-state index in [0.717, 1.165) is 58.3 Å². The van der Waals surface area contributed by atoms with Crippen LogP contribution in [0.5, 0.6) is 5.88 Å². The standard InChI is InChI=1S/C40H42N6O5S/c1-50-14-12-40(28-16-24-15-25(18-28)19-29(40)17-24)23-46-21-27(20-41-46)30-9-10-35(43-37(30)51-39(48)49)45-13-11-26-5-4-6-31(32(26)22-45)36(47)44-38-42-33-7-2-3-8-34(33)52-38/h2-10,20-21,24-25,28-29H,11-19,22-23H2,1H3,(H,48,49)(H,42,44,47). The number of rotatable bonds is 10. The van der Waals surface area contributed by atoms with Gasteiger partial charge >= 0.3 is 6.16 Å². The van der Waals surface area contributed by atoms with Crippen LogP contribution in [0, 0.1) is 29.1 Å². The fourth-order valence-corrected chi connectivity index (χ4v) is 11.0. The van der Waals surface area contributed by atoms with Crippen LogP contribution < -0.4 is 15.0 Å². The van der Waals surface area contributed by atoms with Gasteiger partial charge in [-0.05, 0) is 115 Å². The van der Waals surface area contributed by atoms with Gasteiger partial charge in [0.05, 0.1) is 16.4 Å². The lowest BCUT2D eigenvalue weighted by molar-refractivity contribution is -0.130. The van der Waals surface area contributed by atoms with Crippen LogP contribution in [0.1, 0.15) is 60.0 Å². The number of anilines is 2. The van der Waals surface area contributed by atoms with Gasteiger partial charge in [-0.1, -0.05) is 35.6 Å². The maximum absolute atomic E-state index is 13.6. The summed E-state index contributed by atoms with van der Waals surface area (Å²) in [7, 11) is 1.79. The van der Waals surface area contributed by atoms with E-state index in [4.69, 9.17) is 19.6 Å². The predicted octanol–water partition coefficient (Wildman–Crippen LogP) is 7.91. The first-order chi connectivity index (χ1) is 25.3. The number of ether oxygens (including phenoxy) is 2. The minimum atomic E-state index is -1.43. The van der Waals surface area contributed by atoms with Crippen LogP contribution in [-0.4, -0.2) is 57.2 Å². The van der Waals surface area contributed by atoms with E-state index < -0.39 is 6.16 Å². The molecule has 5 aromatic rings. The van der Waals surface area contributed by atoms with Crippen molar-refractivity contribution in [3.8, 4) is 17.0 Å². The number of benzene rings is 2. The third-order valence-electron chi connectivity index (χ3n) is 12.3. The lowest BCUT2D eigenvalue weighted by Gasteiger charge is -2.61. The summed E-state index contributed by atoms with van der Waals surface area (Å²) >= 11 is 1.44. The molecule has 1 amide bonds.